The van der Waals surface area contributed by atoms with E-state index < -0.39 is 0 Å². The van der Waals surface area contributed by atoms with Gasteiger partial charge >= 0.3 is 58.2 Å². The van der Waals surface area contributed by atoms with Crippen LogP contribution in [-0.4, -0.2) is 36.5 Å². The molecule has 0 aliphatic heterocycles. The number of hydrogen-bond donors (Lipinski definition) is 0. The third kappa shape index (κ3) is 15.0. The Morgan fingerprint density at radius 1 is 1.00 bits per heavy atom. The maximum atomic E-state index is 11.7. The minimum atomic E-state index is -0.339. The van der Waals surface area contributed by atoms with Gasteiger partial charge in [0, 0.05) is 25.9 Å². The fourth-order valence-corrected chi connectivity index (χ4v) is 2.64. The van der Waals surface area contributed by atoms with Gasteiger partial charge in [-0.05, 0) is 24.8 Å². The summed E-state index contributed by atoms with van der Waals surface area (Å²) in [7, 11) is 0. The molecule has 0 aromatic heterocycles. The summed E-state index contributed by atoms with van der Waals surface area (Å²) in [5.74, 6) is 0.00523. The number of hydrogen-bond acceptors (Lipinski definition) is 5. The van der Waals surface area contributed by atoms with E-state index in [9.17, 15) is 19.2 Å². The molecule has 7 heteroatoms. The molecule has 0 aliphatic carbocycles. The summed E-state index contributed by atoms with van der Waals surface area (Å²) in [4.78, 5) is 45.9. The molecule has 1 aromatic rings. The largest absolute Gasteiger partial charge is 1.00 e. The van der Waals surface area contributed by atoms with Crippen molar-refractivity contribution >= 4 is 23.3 Å². The van der Waals surface area contributed by atoms with Gasteiger partial charge in [0.1, 0.15) is 17.3 Å². The summed E-state index contributed by atoms with van der Waals surface area (Å²) >= 11 is 0. The Morgan fingerprint density at radius 3 is 2.21 bits per heavy atom. The molecule has 0 aliphatic rings. The fraction of sp³-hybridized carbons (Fsp3) is 0.545. The molecule has 0 fully saturated rings. The SMILES string of the molecule is CC(=O)CC(=O)Cc1ccc(C[N-]C(=O)COCCCC(=O)CC(C)C)cc1.[Rb+]. The molecule has 0 atom stereocenters. The van der Waals surface area contributed by atoms with E-state index in [2.05, 4.69) is 5.32 Å². The van der Waals surface area contributed by atoms with Crippen LogP contribution in [0.15, 0.2) is 24.3 Å². The Kier molecular flexibility index (Phi) is 15.9. The fourth-order valence-electron chi connectivity index (χ4n) is 2.64. The van der Waals surface area contributed by atoms with Crippen molar-refractivity contribution in [1.82, 2.24) is 0 Å². The number of benzene rings is 1. The van der Waals surface area contributed by atoms with Gasteiger partial charge in [0.2, 0.25) is 0 Å². The van der Waals surface area contributed by atoms with Crippen LogP contribution < -0.4 is 58.2 Å². The number of ether oxygens (including phenoxy) is 1. The van der Waals surface area contributed by atoms with E-state index in [0.29, 0.717) is 31.8 Å². The third-order valence-corrected chi connectivity index (χ3v) is 3.91. The molecule has 0 heterocycles. The molecule has 1 rings (SSSR count). The van der Waals surface area contributed by atoms with Gasteiger partial charge in [-0.1, -0.05) is 43.7 Å². The van der Waals surface area contributed by atoms with E-state index in [1.165, 1.54) is 6.92 Å². The average Bonchev–Trinajstić information content (AvgIpc) is 2.59. The summed E-state index contributed by atoms with van der Waals surface area (Å²) < 4.78 is 5.27. The van der Waals surface area contributed by atoms with E-state index in [0.717, 1.165) is 11.1 Å². The standard InChI is InChI=1S/C22H31NO5.Rb/c1-16(2)11-20(25)5-4-10-28-15-22(27)23-14-19-8-6-18(7-9-19)13-21(26)12-17(3)24;/h6-9,16H,4-5,10-15H2,1-3H3,(H,23,27);/q;+1/p-1. The number of carbonyl (C=O) groups is 4. The van der Waals surface area contributed by atoms with Gasteiger partial charge in [-0.15, -0.1) is 6.54 Å². The quantitative estimate of drug-likeness (QED) is 0.291. The molecule has 6 nitrogen and oxygen atoms in total. The van der Waals surface area contributed by atoms with E-state index in [4.69, 9.17) is 4.74 Å². The summed E-state index contributed by atoms with van der Waals surface area (Å²) in [6.07, 6.45) is 1.85. The second-order valence-electron chi connectivity index (χ2n) is 7.41. The second kappa shape index (κ2) is 16.2. The predicted molar refractivity (Wildman–Crippen MR) is 107 cm³/mol. The summed E-state index contributed by atoms with van der Waals surface area (Å²) in [6.45, 7) is 5.95. The summed E-state index contributed by atoms with van der Waals surface area (Å²) in [5.41, 5.74) is 1.69. The molecule has 0 N–H and O–H groups in total. The van der Waals surface area contributed by atoms with E-state index in [1.807, 2.05) is 26.0 Å². The number of nitrogens with zero attached hydrogens (tertiary/aromatic N) is 1. The van der Waals surface area contributed by atoms with Crippen LogP contribution in [-0.2, 0) is 36.9 Å². The van der Waals surface area contributed by atoms with Crippen LogP contribution in [0, 0.1) is 5.92 Å². The third-order valence-electron chi connectivity index (χ3n) is 3.91. The van der Waals surface area contributed by atoms with E-state index in [1.54, 1.807) is 12.1 Å². The Balaban J connectivity index is 0.00000784. The maximum Gasteiger partial charge on any atom is 1.00 e. The topological polar surface area (TPSA) is 91.6 Å². The molecular formula is C22H30NO5Rb. The van der Waals surface area contributed by atoms with Crippen LogP contribution in [0.4, 0.5) is 0 Å². The van der Waals surface area contributed by atoms with Crippen LogP contribution in [0.5, 0.6) is 0 Å². The van der Waals surface area contributed by atoms with Gasteiger partial charge in [0.05, 0.1) is 18.9 Å². The van der Waals surface area contributed by atoms with Crippen LogP contribution in [0.3, 0.4) is 0 Å². The minimum absolute atomic E-state index is 0. The molecule has 154 valence electrons. The van der Waals surface area contributed by atoms with Crippen LogP contribution >= 0.6 is 0 Å². The molecule has 29 heavy (non-hydrogen) atoms. The van der Waals surface area contributed by atoms with Gasteiger partial charge in [0.15, 0.2) is 0 Å². The Labute approximate surface area is 222 Å². The average molecular weight is 474 g/mol. The first-order valence-corrected chi connectivity index (χ1v) is 9.65. The Hall–Kier alpha value is -0.535. The van der Waals surface area contributed by atoms with E-state index >= 15 is 0 Å². The zero-order valence-corrected chi connectivity index (χ0v) is 22.9. The van der Waals surface area contributed by atoms with Gasteiger partial charge in [-0.3, -0.25) is 14.4 Å². The number of rotatable bonds is 14. The number of Topliss-reactive ketones (excluding diaryl/α,β-unsaturated/α-hetero) is 3. The number of amides is 1. The smallest absolute Gasteiger partial charge is 0.648 e. The number of ketones is 3. The molecule has 0 saturated heterocycles. The number of carbonyl (C=O) groups excluding carboxylic acids is 4. The molecule has 1 aromatic carbocycles. The molecular weight excluding hydrogens is 444 g/mol. The van der Waals surface area contributed by atoms with Gasteiger partial charge in [-0.25, -0.2) is 0 Å². The van der Waals surface area contributed by atoms with Crippen molar-refractivity contribution in [3.05, 3.63) is 40.7 Å². The second-order valence-corrected chi connectivity index (χ2v) is 7.41. The van der Waals surface area contributed by atoms with Crippen molar-refractivity contribution in [3.63, 3.8) is 0 Å². The normalized spacial score (nSPS) is 10.3. The first kappa shape index (κ1) is 28.5. The Morgan fingerprint density at radius 2 is 1.62 bits per heavy atom. The molecule has 0 saturated carbocycles. The van der Waals surface area contributed by atoms with Crippen LogP contribution in [0.2, 0.25) is 0 Å². The van der Waals surface area contributed by atoms with Crippen LogP contribution in [0.1, 0.15) is 57.6 Å². The first-order valence-electron chi connectivity index (χ1n) is 9.65. The summed E-state index contributed by atoms with van der Waals surface area (Å²) in [6, 6.07) is 7.23. The van der Waals surface area contributed by atoms with E-state index in [-0.39, 0.29) is 107 Å². The van der Waals surface area contributed by atoms with Crippen molar-refractivity contribution < 1.29 is 82.1 Å². The van der Waals surface area contributed by atoms with Crippen molar-refractivity contribution in [3.8, 4) is 0 Å². The monoisotopic (exact) mass is 473 g/mol. The zero-order valence-electron chi connectivity index (χ0n) is 18.0. The minimum Gasteiger partial charge on any atom is -0.648 e. The van der Waals surface area contributed by atoms with Gasteiger partial charge in [-0.2, -0.15) is 0 Å². The van der Waals surface area contributed by atoms with Crippen molar-refractivity contribution in [1.29, 1.82) is 0 Å². The van der Waals surface area contributed by atoms with Crippen molar-refractivity contribution in [2.75, 3.05) is 13.2 Å². The van der Waals surface area contributed by atoms with Crippen molar-refractivity contribution in [2.45, 2.75) is 59.4 Å². The molecule has 0 bridgehead atoms. The molecule has 0 radical (unpaired) electrons. The Bertz CT molecular complexity index is 670. The first-order chi connectivity index (χ1) is 13.3. The summed E-state index contributed by atoms with van der Waals surface area (Å²) in [5, 5.41) is 3.95. The molecule has 0 spiro atoms. The van der Waals surface area contributed by atoms with Gasteiger partial charge < -0.3 is 14.8 Å². The predicted octanol–water partition coefficient (Wildman–Crippen LogP) is 0.594. The molecule has 0 unspecified atom stereocenters. The molecule has 1 amide bonds. The van der Waals surface area contributed by atoms with Crippen LogP contribution in [0.25, 0.3) is 5.32 Å². The van der Waals surface area contributed by atoms with Crippen molar-refractivity contribution in [2.24, 2.45) is 5.92 Å². The van der Waals surface area contributed by atoms with Gasteiger partial charge in [0.25, 0.3) is 0 Å². The zero-order chi connectivity index (χ0) is 20.9. The maximum absolute atomic E-state index is 11.7.